The van der Waals surface area contributed by atoms with Crippen LogP contribution in [0.25, 0.3) is 0 Å². The summed E-state index contributed by atoms with van der Waals surface area (Å²) in [5.74, 6) is -0.811. The van der Waals surface area contributed by atoms with Gasteiger partial charge in [-0.05, 0) is 26.2 Å². The van der Waals surface area contributed by atoms with Crippen molar-refractivity contribution < 1.29 is 14.7 Å². The van der Waals surface area contributed by atoms with Crippen LogP contribution in [0.3, 0.4) is 0 Å². The van der Waals surface area contributed by atoms with Gasteiger partial charge in [-0.2, -0.15) is 0 Å². The fourth-order valence-corrected chi connectivity index (χ4v) is 2.65. The Morgan fingerprint density at radius 2 is 2.00 bits per heavy atom. The summed E-state index contributed by atoms with van der Waals surface area (Å²) in [6.45, 7) is 2.57. The number of nitrogens with zero attached hydrogens (tertiary/aromatic N) is 1. The molecule has 0 aromatic carbocycles. The molecule has 2 fully saturated rings. The SMILES string of the molecule is CC1(C(=O)O)CCN(C(=O)NC2CCCC2)C1. The van der Waals surface area contributed by atoms with Crippen molar-refractivity contribution in [3.63, 3.8) is 0 Å². The van der Waals surface area contributed by atoms with Crippen molar-refractivity contribution in [2.75, 3.05) is 13.1 Å². The molecule has 0 spiro atoms. The van der Waals surface area contributed by atoms with Crippen LogP contribution in [0.4, 0.5) is 4.79 Å². The van der Waals surface area contributed by atoms with E-state index in [9.17, 15) is 9.59 Å². The van der Waals surface area contributed by atoms with E-state index in [0.717, 1.165) is 12.8 Å². The van der Waals surface area contributed by atoms with Gasteiger partial charge in [0.1, 0.15) is 0 Å². The van der Waals surface area contributed by atoms with Crippen molar-refractivity contribution in [3.8, 4) is 0 Å². The number of nitrogens with one attached hydrogen (secondary N) is 1. The fourth-order valence-electron chi connectivity index (χ4n) is 2.65. The third-order valence-corrected chi connectivity index (χ3v) is 3.96. The predicted molar refractivity (Wildman–Crippen MR) is 62.7 cm³/mol. The first-order valence-electron chi connectivity index (χ1n) is 6.30. The van der Waals surface area contributed by atoms with Crippen molar-refractivity contribution in [2.24, 2.45) is 5.41 Å². The number of likely N-dealkylation sites (tertiary alicyclic amines) is 1. The average Bonchev–Trinajstić information content (AvgIpc) is 2.88. The lowest BCUT2D eigenvalue weighted by atomic mass is 9.90. The van der Waals surface area contributed by atoms with Gasteiger partial charge in [-0.25, -0.2) is 4.79 Å². The molecule has 2 N–H and O–H groups in total. The summed E-state index contributed by atoms with van der Waals surface area (Å²) in [4.78, 5) is 24.6. The molecule has 1 heterocycles. The molecule has 1 saturated carbocycles. The predicted octanol–water partition coefficient (Wildman–Crippen LogP) is 1.44. The number of carbonyl (C=O) groups excluding carboxylic acids is 1. The standard InChI is InChI=1S/C12H20N2O3/c1-12(10(15)16)6-7-14(8-12)11(17)13-9-4-2-3-5-9/h9H,2-8H2,1H3,(H,13,17)(H,15,16). The molecule has 96 valence electrons. The van der Waals surface area contributed by atoms with E-state index in [0.29, 0.717) is 25.6 Å². The molecule has 0 aromatic heterocycles. The topological polar surface area (TPSA) is 69.6 Å². The first-order valence-corrected chi connectivity index (χ1v) is 6.30. The lowest BCUT2D eigenvalue weighted by Gasteiger charge is -2.22. The van der Waals surface area contributed by atoms with Gasteiger partial charge in [0.15, 0.2) is 0 Å². The molecule has 2 rings (SSSR count). The van der Waals surface area contributed by atoms with Gasteiger partial charge in [0.05, 0.1) is 5.41 Å². The van der Waals surface area contributed by atoms with Gasteiger partial charge in [-0.3, -0.25) is 4.79 Å². The summed E-state index contributed by atoms with van der Waals surface area (Å²) >= 11 is 0. The molecule has 1 saturated heterocycles. The van der Waals surface area contributed by atoms with E-state index < -0.39 is 11.4 Å². The lowest BCUT2D eigenvalue weighted by molar-refractivity contribution is -0.146. The van der Waals surface area contributed by atoms with Crippen LogP contribution in [0.2, 0.25) is 0 Å². The highest BCUT2D eigenvalue weighted by molar-refractivity contribution is 5.79. The first-order chi connectivity index (χ1) is 8.01. The summed E-state index contributed by atoms with van der Waals surface area (Å²) in [5.41, 5.74) is -0.771. The summed E-state index contributed by atoms with van der Waals surface area (Å²) in [5, 5.41) is 12.1. The zero-order chi connectivity index (χ0) is 12.5. The minimum absolute atomic E-state index is 0.0955. The molecular formula is C12H20N2O3. The van der Waals surface area contributed by atoms with Gasteiger partial charge < -0.3 is 15.3 Å². The highest BCUT2D eigenvalue weighted by atomic mass is 16.4. The van der Waals surface area contributed by atoms with Crippen LogP contribution in [-0.4, -0.2) is 41.1 Å². The van der Waals surface area contributed by atoms with Crippen molar-refractivity contribution in [3.05, 3.63) is 0 Å². The van der Waals surface area contributed by atoms with Crippen LogP contribution in [0.15, 0.2) is 0 Å². The molecule has 0 radical (unpaired) electrons. The smallest absolute Gasteiger partial charge is 0.317 e. The molecule has 0 aromatic rings. The van der Waals surface area contributed by atoms with E-state index in [2.05, 4.69) is 5.32 Å². The second-order valence-corrected chi connectivity index (χ2v) is 5.47. The number of aliphatic carboxylic acids is 1. The Hall–Kier alpha value is -1.26. The number of hydrogen-bond donors (Lipinski definition) is 2. The van der Waals surface area contributed by atoms with Crippen molar-refractivity contribution in [2.45, 2.75) is 45.1 Å². The normalized spacial score (nSPS) is 29.6. The minimum atomic E-state index is -0.811. The number of carboxylic acids is 1. The Bertz CT molecular complexity index is 326. The number of urea groups is 1. The summed E-state index contributed by atoms with van der Waals surface area (Å²) < 4.78 is 0. The molecule has 0 bridgehead atoms. The molecule has 2 aliphatic rings. The van der Waals surface area contributed by atoms with Crippen LogP contribution < -0.4 is 5.32 Å². The minimum Gasteiger partial charge on any atom is -0.481 e. The van der Waals surface area contributed by atoms with Crippen molar-refractivity contribution in [1.82, 2.24) is 10.2 Å². The Morgan fingerprint density at radius 3 is 2.53 bits per heavy atom. The highest BCUT2D eigenvalue weighted by Gasteiger charge is 2.42. The van der Waals surface area contributed by atoms with Gasteiger partial charge in [-0.1, -0.05) is 12.8 Å². The summed E-state index contributed by atoms with van der Waals surface area (Å²) in [7, 11) is 0. The molecule has 5 heteroatoms. The molecule has 1 aliphatic heterocycles. The second-order valence-electron chi connectivity index (χ2n) is 5.47. The van der Waals surface area contributed by atoms with Crippen LogP contribution in [0.1, 0.15) is 39.0 Å². The first kappa shape index (κ1) is 12.2. The van der Waals surface area contributed by atoms with Gasteiger partial charge in [0.25, 0.3) is 0 Å². The fraction of sp³-hybridized carbons (Fsp3) is 0.833. The Morgan fingerprint density at radius 1 is 1.35 bits per heavy atom. The number of carbonyl (C=O) groups is 2. The van der Waals surface area contributed by atoms with Crippen LogP contribution >= 0.6 is 0 Å². The van der Waals surface area contributed by atoms with Crippen LogP contribution in [0, 0.1) is 5.41 Å². The zero-order valence-electron chi connectivity index (χ0n) is 10.2. The molecule has 1 aliphatic carbocycles. The van der Waals surface area contributed by atoms with Crippen LogP contribution in [0.5, 0.6) is 0 Å². The molecule has 17 heavy (non-hydrogen) atoms. The lowest BCUT2D eigenvalue weighted by Crippen LogP contribution is -2.44. The summed E-state index contributed by atoms with van der Waals surface area (Å²) in [6.07, 6.45) is 5.00. The van der Waals surface area contributed by atoms with E-state index in [1.165, 1.54) is 12.8 Å². The van der Waals surface area contributed by atoms with Crippen LogP contribution in [-0.2, 0) is 4.79 Å². The van der Waals surface area contributed by atoms with Gasteiger partial charge in [-0.15, -0.1) is 0 Å². The van der Waals surface area contributed by atoms with Crippen molar-refractivity contribution in [1.29, 1.82) is 0 Å². The maximum atomic E-state index is 11.9. The number of carboxylic acid groups (broad SMARTS) is 1. The Kier molecular flexibility index (Phi) is 3.26. The molecular weight excluding hydrogens is 220 g/mol. The Labute approximate surface area is 101 Å². The van der Waals surface area contributed by atoms with Gasteiger partial charge in [0.2, 0.25) is 0 Å². The van der Waals surface area contributed by atoms with Gasteiger partial charge in [0, 0.05) is 19.1 Å². The second kappa shape index (κ2) is 4.55. The van der Waals surface area contributed by atoms with Crippen molar-refractivity contribution >= 4 is 12.0 Å². The third-order valence-electron chi connectivity index (χ3n) is 3.96. The Balaban J connectivity index is 1.87. The average molecular weight is 240 g/mol. The highest BCUT2D eigenvalue weighted by Crippen LogP contribution is 2.30. The van der Waals surface area contributed by atoms with E-state index in [1.54, 1.807) is 11.8 Å². The zero-order valence-corrected chi connectivity index (χ0v) is 10.2. The quantitative estimate of drug-likeness (QED) is 0.767. The van der Waals surface area contributed by atoms with E-state index in [-0.39, 0.29) is 6.03 Å². The number of hydrogen-bond acceptors (Lipinski definition) is 2. The summed E-state index contributed by atoms with van der Waals surface area (Å²) in [6, 6.07) is 0.195. The largest absolute Gasteiger partial charge is 0.481 e. The van der Waals surface area contributed by atoms with Gasteiger partial charge >= 0.3 is 12.0 Å². The number of amides is 2. The maximum Gasteiger partial charge on any atom is 0.317 e. The molecule has 1 atom stereocenters. The van der Waals surface area contributed by atoms with E-state index in [1.807, 2.05) is 0 Å². The van der Waals surface area contributed by atoms with E-state index >= 15 is 0 Å². The monoisotopic (exact) mass is 240 g/mol. The third kappa shape index (κ3) is 2.53. The molecule has 1 unspecified atom stereocenters. The van der Waals surface area contributed by atoms with E-state index in [4.69, 9.17) is 5.11 Å². The number of rotatable bonds is 2. The molecule has 2 amide bonds. The maximum absolute atomic E-state index is 11.9. The molecule has 5 nitrogen and oxygen atoms in total.